The van der Waals surface area contributed by atoms with Crippen LogP contribution in [-0.2, 0) is 28.7 Å². The van der Waals surface area contributed by atoms with E-state index in [4.69, 9.17) is 9.47 Å². The Labute approximate surface area is 164 Å². The average Bonchev–Trinajstić information content (AvgIpc) is 3.16. The standard InChI is InChI=1S/C22H26O6/c1-11(2)15-7-6-14-9-18(28-21(14)26)22(5)10-16(22)17(24)8-12(3)19(25)20(15)27-13(4)23/h8-9,15-16,18,20H,1,6-7,10H2,2-5H3/b12-8-/t15-,16-,18+,20-,22+/m0/s1. The Kier molecular flexibility index (Phi) is 5.17. The van der Waals surface area contributed by atoms with Gasteiger partial charge in [-0.2, -0.15) is 0 Å². The second kappa shape index (κ2) is 7.15. The lowest BCUT2D eigenvalue weighted by Crippen LogP contribution is -2.35. The fourth-order valence-electron chi connectivity index (χ4n) is 4.18. The Bertz CT molecular complexity index is 832. The molecule has 6 heteroatoms. The highest BCUT2D eigenvalue weighted by Crippen LogP contribution is 2.58. The number of ether oxygens (including phenoxy) is 2. The molecule has 0 aromatic heterocycles. The molecule has 150 valence electrons. The maximum Gasteiger partial charge on any atom is 0.334 e. The number of carbonyl (C=O) groups is 4. The molecule has 3 aliphatic rings. The molecule has 28 heavy (non-hydrogen) atoms. The molecular formula is C22H26O6. The van der Waals surface area contributed by atoms with Crippen LogP contribution in [-0.4, -0.2) is 35.7 Å². The summed E-state index contributed by atoms with van der Waals surface area (Å²) in [7, 11) is 0. The van der Waals surface area contributed by atoms with E-state index in [0.717, 1.165) is 0 Å². The molecule has 0 amide bonds. The summed E-state index contributed by atoms with van der Waals surface area (Å²) < 4.78 is 10.9. The molecule has 0 unspecified atom stereocenters. The molecule has 0 radical (unpaired) electrons. The normalized spacial score (nSPS) is 37.2. The van der Waals surface area contributed by atoms with Gasteiger partial charge in [-0.1, -0.05) is 19.1 Å². The Balaban J connectivity index is 2.02. The Morgan fingerprint density at radius 2 is 1.96 bits per heavy atom. The number of carbonyl (C=O) groups excluding carboxylic acids is 4. The van der Waals surface area contributed by atoms with Crippen molar-refractivity contribution in [3.05, 3.63) is 35.5 Å². The van der Waals surface area contributed by atoms with Crippen LogP contribution in [0.15, 0.2) is 35.5 Å². The summed E-state index contributed by atoms with van der Waals surface area (Å²) in [5.74, 6) is -2.30. The molecule has 0 N–H and O–H groups in total. The molecule has 1 heterocycles. The van der Waals surface area contributed by atoms with Gasteiger partial charge >= 0.3 is 11.9 Å². The molecule has 1 aliphatic heterocycles. The van der Waals surface area contributed by atoms with Gasteiger partial charge in [-0.15, -0.1) is 0 Å². The number of ketones is 2. The summed E-state index contributed by atoms with van der Waals surface area (Å²) in [5.41, 5.74) is 1.03. The highest BCUT2D eigenvalue weighted by atomic mass is 16.6. The second-order valence-corrected chi connectivity index (χ2v) is 8.40. The minimum atomic E-state index is -1.07. The zero-order valence-corrected chi connectivity index (χ0v) is 16.7. The lowest BCUT2D eigenvalue weighted by atomic mass is 9.85. The van der Waals surface area contributed by atoms with Gasteiger partial charge in [0.15, 0.2) is 17.7 Å². The molecule has 0 spiro atoms. The number of fused-ring (bicyclic) bond motifs is 3. The molecule has 3 rings (SSSR count). The topological polar surface area (TPSA) is 86.7 Å². The SMILES string of the molecule is C=C(C)[C@@H]1CCC2=C[C@@H](OC2=O)[C@]2(C)C[C@H]2C(=O)/C=C(/C)C(=O)[C@H]1OC(C)=O. The molecule has 5 atom stereocenters. The maximum absolute atomic E-state index is 13.0. The van der Waals surface area contributed by atoms with Gasteiger partial charge < -0.3 is 9.47 Å². The van der Waals surface area contributed by atoms with Crippen LogP contribution in [0, 0.1) is 17.3 Å². The highest BCUT2D eigenvalue weighted by Gasteiger charge is 2.60. The van der Waals surface area contributed by atoms with Crippen molar-refractivity contribution < 1.29 is 28.7 Å². The van der Waals surface area contributed by atoms with E-state index < -0.39 is 35.3 Å². The van der Waals surface area contributed by atoms with E-state index in [9.17, 15) is 19.2 Å². The van der Waals surface area contributed by atoms with Gasteiger partial charge in [-0.05, 0) is 50.8 Å². The Morgan fingerprint density at radius 1 is 1.29 bits per heavy atom. The number of esters is 2. The van der Waals surface area contributed by atoms with Crippen LogP contribution in [0.3, 0.4) is 0 Å². The first-order valence-electron chi connectivity index (χ1n) is 9.55. The van der Waals surface area contributed by atoms with Crippen LogP contribution in [0.1, 0.15) is 47.0 Å². The number of allylic oxidation sites excluding steroid dienone is 1. The van der Waals surface area contributed by atoms with E-state index in [2.05, 4.69) is 6.58 Å². The number of Topliss-reactive ketones (excluding diaryl/α,β-unsaturated/α-hetero) is 1. The summed E-state index contributed by atoms with van der Waals surface area (Å²) in [5, 5.41) is 0. The summed E-state index contributed by atoms with van der Waals surface area (Å²) in [6.45, 7) is 10.4. The van der Waals surface area contributed by atoms with Crippen molar-refractivity contribution in [1.82, 2.24) is 0 Å². The van der Waals surface area contributed by atoms with Crippen LogP contribution in [0.2, 0.25) is 0 Å². The zero-order valence-electron chi connectivity index (χ0n) is 16.7. The molecule has 1 fully saturated rings. The van der Waals surface area contributed by atoms with Gasteiger partial charge in [0.05, 0.1) is 0 Å². The van der Waals surface area contributed by atoms with Crippen molar-refractivity contribution in [2.45, 2.75) is 59.2 Å². The van der Waals surface area contributed by atoms with E-state index in [-0.39, 0.29) is 23.2 Å². The van der Waals surface area contributed by atoms with Crippen LogP contribution in [0.4, 0.5) is 0 Å². The van der Waals surface area contributed by atoms with Gasteiger partial charge in [0.25, 0.3) is 0 Å². The zero-order chi connectivity index (χ0) is 20.8. The van der Waals surface area contributed by atoms with Crippen molar-refractivity contribution in [3.63, 3.8) is 0 Å². The summed E-state index contributed by atoms with van der Waals surface area (Å²) in [6, 6.07) is 0. The van der Waals surface area contributed by atoms with E-state index in [1.54, 1.807) is 13.8 Å². The largest absolute Gasteiger partial charge is 0.454 e. The molecule has 0 aromatic carbocycles. The number of rotatable bonds is 2. The Hall–Kier alpha value is -2.50. The predicted octanol–water partition coefficient (Wildman–Crippen LogP) is 2.87. The molecule has 1 saturated carbocycles. The van der Waals surface area contributed by atoms with Crippen molar-refractivity contribution in [1.29, 1.82) is 0 Å². The smallest absolute Gasteiger partial charge is 0.334 e. The van der Waals surface area contributed by atoms with Crippen molar-refractivity contribution in [2.75, 3.05) is 0 Å². The molecule has 2 bridgehead atoms. The predicted molar refractivity (Wildman–Crippen MR) is 101 cm³/mol. The monoisotopic (exact) mass is 386 g/mol. The van der Waals surface area contributed by atoms with E-state index in [0.29, 0.717) is 30.4 Å². The van der Waals surface area contributed by atoms with Crippen molar-refractivity contribution in [3.8, 4) is 0 Å². The third-order valence-electron chi connectivity index (χ3n) is 6.14. The lowest BCUT2D eigenvalue weighted by molar-refractivity contribution is -0.154. The summed E-state index contributed by atoms with van der Waals surface area (Å²) in [4.78, 5) is 49.7. The van der Waals surface area contributed by atoms with Crippen molar-refractivity contribution >= 4 is 23.5 Å². The first-order chi connectivity index (χ1) is 13.0. The quantitative estimate of drug-likeness (QED) is 0.536. The molecule has 2 aliphatic carbocycles. The first-order valence-corrected chi connectivity index (χ1v) is 9.55. The Morgan fingerprint density at radius 3 is 2.57 bits per heavy atom. The van der Waals surface area contributed by atoms with E-state index in [1.165, 1.54) is 13.0 Å². The molecular weight excluding hydrogens is 360 g/mol. The van der Waals surface area contributed by atoms with Crippen LogP contribution >= 0.6 is 0 Å². The first kappa shape index (κ1) is 20.2. The van der Waals surface area contributed by atoms with Gasteiger partial charge in [-0.3, -0.25) is 14.4 Å². The molecule has 0 aromatic rings. The van der Waals surface area contributed by atoms with Crippen LogP contribution in [0.5, 0.6) is 0 Å². The minimum Gasteiger partial charge on any atom is -0.454 e. The lowest BCUT2D eigenvalue weighted by Gasteiger charge is -2.26. The van der Waals surface area contributed by atoms with Gasteiger partial charge in [0, 0.05) is 29.7 Å². The van der Waals surface area contributed by atoms with Gasteiger partial charge in [0.1, 0.15) is 6.10 Å². The molecule has 6 nitrogen and oxygen atoms in total. The maximum atomic E-state index is 13.0. The van der Waals surface area contributed by atoms with Gasteiger partial charge in [0.2, 0.25) is 0 Å². The number of hydrogen-bond acceptors (Lipinski definition) is 6. The third-order valence-corrected chi connectivity index (χ3v) is 6.14. The van der Waals surface area contributed by atoms with E-state index in [1.807, 2.05) is 13.0 Å². The molecule has 0 saturated heterocycles. The third kappa shape index (κ3) is 3.60. The fourth-order valence-corrected chi connectivity index (χ4v) is 4.18. The number of hydrogen-bond donors (Lipinski definition) is 0. The highest BCUT2D eigenvalue weighted by molar-refractivity contribution is 6.06. The van der Waals surface area contributed by atoms with Crippen molar-refractivity contribution in [2.24, 2.45) is 17.3 Å². The van der Waals surface area contributed by atoms with Crippen LogP contribution in [0.25, 0.3) is 0 Å². The van der Waals surface area contributed by atoms with E-state index >= 15 is 0 Å². The second-order valence-electron chi connectivity index (χ2n) is 8.40. The van der Waals surface area contributed by atoms with Gasteiger partial charge in [-0.25, -0.2) is 4.79 Å². The average molecular weight is 386 g/mol. The minimum absolute atomic E-state index is 0.168. The summed E-state index contributed by atoms with van der Waals surface area (Å²) in [6.07, 6.45) is 3.04. The van der Waals surface area contributed by atoms with Crippen LogP contribution < -0.4 is 0 Å². The fraction of sp³-hybridized carbons (Fsp3) is 0.545. The summed E-state index contributed by atoms with van der Waals surface area (Å²) >= 11 is 0.